The van der Waals surface area contributed by atoms with Crippen LogP contribution in [0.4, 0.5) is 0 Å². The number of piperazine rings is 1. The Morgan fingerprint density at radius 3 is 2.00 bits per heavy atom. The molecule has 2 heterocycles. The minimum atomic E-state index is -0.0944. The SMILES string of the molecule is Cc1cc(C(=O)N2CCN(C(=O)c3ccccc3Cl)CC2)c(C)o1. The molecule has 0 bridgehead atoms. The van der Waals surface area contributed by atoms with Gasteiger partial charge in [-0.1, -0.05) is 23.7 Å². The first kappa shape index (κ1) is 16.6. The van der Waals surface area contributed by atoms with Crippen LogP contribution >= 0.6 is 11.6 Å². The third-order valence-electron chi connectivity index (χ3n) is 4.23. The van der Waals surface area contributed by atoms with E-state index in [1.165, 1.54) is 0 Å². The molecule has 2 aromatic rings. The quantitative estimate of drug-likeness (QED) is 0.839. The van der Waals surface area contributed by atoms with Crippen LogP contribution in [0.3, 0.4) is 0 Å². The summed E-state index contributed by atoms with van der Waals surface area (Å²) < 4.78 is 5.43. The van der Waals surface area contributed by atoms with E-state index in [0.717, 1.165) is 5.76 Å². The molecule has 0 unspecified atom stereocenters. The second kappa shape index (κ2) is 6.69. The normalized spacial score (nSPS) is 14.8. The fourth-order valence-electron chi connectivity index (χ4n) is 2.93. The lowest BCUT2D eigenvalue weighted by atomic mass is 10.1. The Balaban J connectivity index is 1.66. The summed E-state index contributed by atoms with van der Waals surface area (Å²) in [5.74, 6) is 1.22. The van der Waals surface area contributed by atoms with E-state index in [2.05, 4.69) is 0 Å². The first-order chi connectivity index (χ1) is 11.5. The average molecular weight is 347 g/mol. The van der Waals surface area contributed by atoms with Crippen molar-refractivity contribution in [1.82, 2.24) is 9.80 Å². The van der Waals surface area contributed by atoms with Crippen LogP contribution in [0.2, 0.25) is 5.02 Å². The molecule has 0 atom stereocenters. The molecule has 0 saturated carbocycles. The van der Waals surface area contributed by atoms with Gasteiger partial charge in [-0.05, 0) is 32.0 Å². The van der Waals surface area contributed by atoms with Crippen LogP contribution in [0.25, 0.3) is 0 Å². The maximum Gasteiger partial charge on any atom is 0.257 e. The van der Waals surface area contributed by atoms with E-state index in [0.29, 0.717) is 48.1 Å². The van der Waals surface area contributed by atoms with Crippen molar-refractivity contribution in [2.75, 3.05) is 26.2 Å². The highest BCUT2D eigenvalue weighted by atomic mass is 35.5. The molecule has 0 N–H and O–H groups in total. The molecule has 1 aliphatic heterocycles. The van der Waals surface area contributed by atoms with Crippen molar-refractivity contribution in [3.8, 4) is 0 Å². The molecule has 126 valence electrons. The number of amides is 2. The molecule has 1 aliphatic rings. The number of aryl methyl sites for hydroxylation is 2. The van der Waals surface area contributed by atoms with Gasteiger partial charge in [-0.3, -0.25) is 9.59 Å². The predicted molar refractivity (Wildman–Crippen MR) is 91.4 cm³/mol. The summed E-state index contributed by atoms with van der Waals surface area (Å²) in [7, 11) is 0. The van der Waals surface area contributed by atoms with Crippen LogP contribution in [-0.2, 0) is 0 Å². The summed E-state index contributed by atoms with van der Waals surface area (Å²) in [6.07, 6.45) is 0. The molecule has 2 amide bonds. The van der Waals surface area contributed by atoms with E-state index in [4.69, 9.17) is 16.0 Å². The van der Waals surface area contributed by atoms with Crippen LogP contribution in [-0.4, -0.2) is 47.8 Å². The predicted octanol–water partition coefficient (Wildman–Crippen LogP) is 3.15. The Bertz CT molecular complexity index is 776. The first-order valence-electron chi connectivity index (χ1n) is 7.87. The van der Waals surface area contributed by atoms with Crippen LogP contribution in [0.1, 0.15) is 32.2 Å². The van der Waals surface area contributed by atoms with Gasteiger partial charge in [0.2, 0.25) is 0 Å². The number of halogens is 1. The maximum atomic E-state index is 12.6. The highest BCUT2D eigenvalue weighted by Crippen LogP contribution is 2.20. The Morgan fingerprint density at radius 1 is 0.958 bits per heavy atom. The molecule has 0 radical (unpaired) electrons. The molecular formula is C18H19ClN2O3. The molecule has 1 saturated heterocycles. The van der Waals surface area contributed by atoms with Gasteiger partial charge in [0, 0.05) is 26.2 Å². The molecule has 1 fully saturated rings. The minimum absolute atomic E-state index is 0.0470. The number of nitrogens with zero attached hydrogens (tertiary/aromatic N) is 2. The summed E-state index contributed by atoms with van der Waals surface area (Å²) in [4.78, 5) is 28.6. The van der Waals surface area contributed by atoms with Gasteiger partial charge < -0.3 is 14.2 Å². The van der Waals surface area contributed by atoms with Crippen molar-refractivity contribution in [1.29, 1.82) is 0 Å². The number of furan rings is 1. The first-order valence-corrected chi connectivity index (χ1v) is 8.25. The summed E-state index contributed by atoms with van der Waals surface area (Å²) in [5, 5.41) is 0.450. The second-order valence-electron chi connectivity index (χ2n) is 5.89. The monoisotopic (exact) mass is 346 g/mol. The number of rotatable bonds is 2. The minimum Gasteiger partial charge on any atom is -0.466 e. The molecule has 0 spiro atoms. The average Bonchev–Trinajstić information content (AvgIpc) is 2.92. The van der Waals surface area contributed by atoms with Gasteiger partial charge in [0.15, 0.2) is 0 Å². The zero-order valence-corrected chi connectivity index (χ0v) is 14.5. The van der Waals surface area contributed by atoms with Crippen LogP contribution < -0.4 is 0 Å². The molecule has 6 heteroatoms. The Labute approximate surface area is 145 Å². The number of hydrogen-bond acceptors (Lipinski definition) is 3. The molecule has 24 heavy (non-hydrogen) atoms. The van der Waals surface area contributed by atoms with E-state index < -0.39 is 0 Å². The summed E-state index contributed by atoms with van der Waals surface area (Å²) in [6, 6.07) is 8.78. The van der Waals surface area contributed by atoms with Crippen molar-refractivity contribution >= 4 is 23.4 Å². The number of benzene rings is 1. The van der Waals surface area contributed by atoms with Gasteiger partial charge in [-0.15, -0.1) is 0 Å². The lowest BCUT2D eigenvalue weighted by molar-refractivity contribution is 0.0534. The van der Waals surface area contributed by atoms with Gasteiger partial charge >= 0.3 is 0 Å². The van der Waals surface area contributed by atoms with Crippen molar-refractivity contribution < 1.29 is 14.0 Å². The highest BCUT2D eigenvalue weighted by Gasteiger charge is 2.27. The second-order valence-corrected chi connectivity index (χ2v) is 6.30. The standard InChI is InChI=1S/C18H19ClN2O3/c1-12-11-15(13(2)24-12)18(23)21-9-7-20(8-10-21)17(22)14-5-3-4-6-16(14)19/h3-6,11H,7-10H2,1-2H3. The van der Waals surface area contributed by atoms with E-state index in [1.807, 2.05) is 6.92 Å². The summed E-state index contributed by atoms with van der Waals surface area (Å²) >= 11 is 6.09. The fourth-order valence-corrected chi connectivity index (χ4v) is 3.15. The fraction of sp³-hybridized carbons (Fsp3) is 0.333. The number of carbonyl (C=O) groups excluding carboxylic acids is 2. The summed E-state index contributed by atoms with van der Waals surface area (Å²) in [6.45, 7) is 5.59. The Kier molecular flexibility index (Phi) is 4.62. The lowest BCUT2D eigenvalue weighted by Gasteiger charge is -2.34. The van der Waals surface area contributed by atoms with Crippen molar-refractivity contribution in [3.05, 3.63) is 58.0 Å². The van der Waals surface area contributed by atoms with E-state index in [-0.39, 0.29) is 11.8 Å². The highest BCUT2D eigenvalue weighted by molar-refractivity contribution is 6.33. The van der Waals surface area contributed by atoms with Gasteiger partial charge in [0.05, 0.1) is 16.1 Å². The zero-order valence-electron chi connectivity index (χ0n) is 13.7. The molecule has 5 nitrogen and oxygen atoms in total. The van der Waals surface area contributed by atoms with E-state index in [9.17, 15) is 9.59 Å². The molecule has 3 rings (SSSR count). The Hall–Kier alpha value is -2.27. The van der Waals surface area contributed by atoms with Crippen LogP contribution in [0, 0.1) is 13.8 Å². The van der Waals surface area contributed by atoms with Crippen molar-refractivity contribution in [2.24, 2.45) is 0 Å². The van der Waals surface area contributed by atoms with E-state index >= 15 is 0 Å². The third-order valence-corrected chi connectivity index (χ3v) is 4.56. The largest absolute Gasteiger partial charge is 0.466 e. The number of carbonyl (C=O) groups is 2. The molecular weight excluding hydrogens is 328 g/mol. The summed E-state index contributed by atoms with van der Waals surface area (Å²) in [5.41, 5.74) is 1.10. The third kappa shape index (κ3) is 3.17. The molecule has 0 aliphatic carbocycles. The smallest absolute Gasteiger partial charge is 0.257 e. The van der Waals surface area contributed by atoms with Gasteiger partial charge in [-0.25, -0.2) is 0 Å². The van der Waals surface area contributed by atoms with Gasteiger partial charge in [0.1, 0.15) is 11.5 Å². The van der Waals surface area contributed by atoms with Crippen molar-refractivity contribution in [2.45, 2.75) is 13.8 Å². The maximum absolute atomic E-state index is 12.6. The zero-order chi connectivity index (χ0) is 17.3. The molecule has 1 aromatic heterocycles. The van der Waals surface area contributed by atoms with Crippen LogP contribution in [0.15, 0.2) is 34.7 Å². The molecule has 1 aromatic carbocycles. The Morgan fingerprint density at radius 2 is 1.50 bits per heavy atom. The van der Waals surface area contributed by atoms with E-state index in [1.54, 1.807) is 47.1 Å². The van der Waals surface area contributed by atoms with Crippen molar-refractivity contribution in [3.63, 3.8) is 0 Å². The lowest BCUT2D eigenvalue weighted by Crippen LogP contribution is -2.50. The van der Waals surface area contributed by atoms with Gasteiger partial charge in [-0.2, -0.15) is 0 Å². The van der Waals surface area contributed by atoms with Crippen LogP contribution in [0.5, 0.6) is 0 Å². The number of hydrogen-bond donors (Lipinski definition) is 0. The van der Waals surface area contributed by atoms with Gasteiger partial charge in [0.25, 0.3) is 11.8 Å². The topological polar surface area (TPSA) is 53.8 Å².